The molecule has 3 nitrogen and oxygen atoms in total. The third-order valence-electron chi connectivity index (χ3n) is 2.41. The van der Waals surface area contributed by atoms with Gasteiger partial charge in [-0.25, -0.2) is 9.37 Å². The van der Waals surface area contributed by atoms with Gasteiger partial charge >= 0.3 is 0 Å². The number of halogens is 1. The highest BCUT2D eigenvalue weighted by Gasteiger charge is 2.05. The number of aldehydes is 1. The standard InChI is InChI=1S/C13H11FN2O/c1-9-7-11(14)4-5-12(9)16-13-10(8-17)3-2-6-15-13/h2-8H,1H3,(H,15,16). The smallest absolute Gasteiger partial charge is 0.153 e. The van der Waals surface area contributed by atoms with Crippen molar-refractivity contribution in [2.75, 3.05) is 5.32 Å². The first-order chi connectivity index (χ1) is 8.20. The number of nitrogens with zero attached hydrogens (tertiary/aromatic N) is 1. The Labute approximate surface area is 98.3 Å². The van der Waals surface area contributed by atoms with E-state index in [1.54, 1.807) is 31.3 Å². The predicted molar refractivity (Wildman–Crippen MR) is 64.0 cm³/mol. The zero-order valence-corrected chi connectivity index (χ0v) is 9.27. The van der Waals surface area contributed by atoms with Crippen LogP contribution in [-0.4, -0.2) is 11.3 Å². The summed E-state index contributed by atoms with van der Waals surface area (Å²) in [7, 11) is 0. The molecule has 0 aliphatic heterocycles. The largest absolute Gasteiger partial charge is 0.339 e. The summed E-state index contributed by atoms with van der Waals surface area (Å²) >= 11 is 0. The van der Waals surface area contributed by atoms with Gasteiger partial charge in [0, 0.05) is 11.9 Å². The SMILES string of the molecule is Cc1cc(F)ccc1Nc1ncccc1C=O. The molecule has 1 aromatic carbocycles. The summed E-state index contributed by atoms with van der Waals surface area (Å²) in [6, 6.07) is 7.76. The fraction of sp³-hybridized carbons (Fsp3) is 0.0769. The Morgan fingerprint density at radius 2 is 2.18 bits per heavy atom. The van der Waals surface area contributed by atoms with Gasteiger partial charge in [0.05, 0.1) is 5.56 Å². The minimum atomic E-state index is -0.287. The van der Waals surface area contributed by atoms with Crippen LogP contribution in [0.25, 0.3) is 0 Å². The number of carbonyl (C=O) groups is 1. The number of aryl methyl sites for hydroxylation is 1. The highest BCUT2D eigenvalue weighted by atomic mass is 19.1. The van der Waals surface area contributed by atoms with E-state index in [1.807, 2.05) is 0 Å². The highest BCUT2D eigenvalue weighted by Crippen LogP contribution is 2.21. The van der Waals surface area contributed by atoms with Gasteiger partial charge in [0.2, 0.25) is 0 Å². The molecule has 0 radical (unpaired) electrons. The number of benzene rings is 1. The normalized spacial score (nSPS) is 10.0. The first-order valence-electron chi connectivity index (χ1n) is 5.14. The number of hydrogen-bond donors (Lipinski definition) is 1. The maximum atomic E-state index is 12.9. The topological polar surface area (TPSA) is 42.0 Å². The number of pyridine rings is 1. The number of anilines is 2. The molecule has 0 saturated heterocycles. The van der Waals surface area contributed by atoms with Crippen LogP contribution in [0.3, 0.4) is 0 Å². The molecule has 0 aliphatic carbocycles. The molecular weight excluding hydrogens is 219 g/mol. The second kappa shape index (κ2) is 4.74. The first kappa shape index (κ1) is 11.3. The van der Waals surface area contributed by atoms with Gasteiger partial charge < -0.3 is 5.32 Å². The van der Waals surface area contributed by atoms with Crippen LogP contribution in [0.15, 0.2) is 36.5 Å². The van der Waals surface area contributed by atoms with Gasteiger partial charge in [-0.15, -0.1) is 0 Å². The van der Waals surface area contributed by atoms with Gasteiger partial charge in [0.25, 0.3) is 0 Å². The molecule has 86 valence electrons. The number of hydrogen-bond acceptors (Lipinski definition) is 3. The fourth-order valence-corrected chi connectivity index (χ4v) is 1.51. The number of aromatic nitrogens is 1. The highest BCUT2D eigenvalue weighted by molar-refractivity contribution is 5.84. The van der Waals surface area contributed by atoms with Gasteiger partial charge in [-0.2, -0.15) is 0 Å². The zero-order chi connectivity index (χ0) is 12.3. The van der Waals surface area contributed by atoms with E-state index >= 15 is 0 Å². The quantitative estimate of drug-likeness (QED) is 0.824. The summed E-state index contributed by atoms with van der Waals surface area (Å²) in [6.45, 7) is 1.79. The Balaban J connectivity index is 2.34. The van der Waals surface area contributed by atoms with E-state index in [2.05, 4.69) is 10.3 Å². The van der Waals surface area contributed by atoms with E-state index in [-0.39, 0.29) is 5.82 Å². The average Bonchev–Trinajstić information content (AvgIpc) is 2.33. The van der Waals surface area contributed by atoms with Crippen LogP contribution < -0.4 is 5.32 Å². The lowest BCUT2D eigenvalue weighted by molar-refractivity contribution is 0.112. The van der Waals surface area contributed by atoms with Crippen LogP contribution >= 0.6 is 0 Å². The van der Waals surface area contributed by atoms with E-state index in [4.69, 9.17) is 0 Å². The lowest BCUT2D eigenvalue weighted by Crippen LogP contribution is -1.99. The van der Waals surface area contributed by atoms with Crippen molar-refractivity contribution in [1.82, 2.24) is 4.98 Å². The average molecular weight is 230 g/mol. The molecule has 0 atom stereocenters. The maximum Gasteiger partial charge on any atom is 0.153 e. The minimum absolute atomic E-state index is 0.287. The summed E-state index contributed by atoms with van der Waals surface area (Å²) < 4.78 is 12.9. The Morgan fingerprint density at radius 3 is 2.88 bits per heavy atom. The summed E-state index contributed by atoms with van der Waals surface area (Å²) in [6.07, 6.45) is 2.32. The van der Waals surface area contributed by atoms with Crippen molar-refractivity contribution in [2.24, 2.45) is 0 Å². The minimum Gasteiger partial charge on any atom is -0.339 e. The molecule has 4 heteroatoms. The summed E-state index contributed by atoms with van der Waals surface area (Å²) in [5.41, 5.74) is 1.96. The van der Waals surface area contributed by atoms with Gasteiger partial charge in [-0.05, 0) is 42.8 Å². The predicted octanol–water partition coefficient (Wildman–Crippen LogP) is 3.09. The Bertz CT molecular complexity index is 555. The fourth-order valence-electron chi connectivity index (χ4n) is 1.51. The third kappa shape index (κ3) is 2.47. The molecule has 0 amide bonds. The molecule has 0 spiro atoms. The molecule has 1 N–H and O–H groups in total. The number of nitrogens with one attached hydrogen (secondary N) is 1. The van der Waals surface area contributed by atoms with Crippen molar-refractivity contribution >= 4 is 17.8 Å². The van der Waals surface area contributed by atoms with Gasteiger partial charge in [0.1, 0.15) is 11.6 Å². The van der Waals surface area contributed by atoms with Crippen LogP contribution in [0.1, 0.15) is 15.9 Å². The van der Waals surface area contributed by atoms with Crippen molar-refractivity contribution in [1.29, 1.82) is 0 Å². The monoisotopic (exact) mass is 230 g/mol. The van der Waals surface area contributed by atoms with Crippen LogP contribution in [0.2, 0.25) is 0 Å². The van der Waals surface area contributed by atoms with Crippen molar-refractivity contribution in [2.45, 2.75) is 6.92 Å². The lowest BCUT2D eigenvalue weighted by atomic mass is 10.2. The third-order valence-corrected chi connectivity index (χ3v) is 2.41. The molecule has 17 heavy (non-hydrogen) atoms. The lowest BCUT2D eigenvalue weighted by Gasteiger charge is -2.10. The molecule has 0 bridgehead atoms. The van der Waals surface area contributed by atoms with Crippen LogP contribution in [-0.2, 0) is 0 Å². The van der Waals surface area contributed by atoms with E-state index in [9.17, 15) is 9.18 Å². The Morgan fingerprint density at radius 1 is 1.35 bits per heavy atom. The molecule has 2 aromatic rings. The van der Waals surface area contributed by atoms with Crippen molar-refractivity contribution in [3.05, 3.63) is 53.5 Å². The molecule has 1 aromatic heterocycles. The number of carbonyl (C=O) groups excluding carboxylic acids is 1. The Kier molecular flexibility index (Phi) is 3.14. The Hall–Kier alpha value is -2.23. The second-order valence-electron chi connectivity index (χ2n) is 3.64. The van der Waals surface area contributed by atoms with E-state index in [1.165, 1.54) is 12.1 Å². The van der Waals surface area contributed by atoms with Crippen LogP contribution in [0, 0.1) is 12.7 Å². The summed E-state index contributed by atoms with van der Waals surface area (Å²) in [4.78, 5) is 14.9. The van der Waals surface area contributed by atoms with E-state index < -0.39 is 0 Å². The molecule has 2 rings (SSSR count). The zero-order valence-electron chi connectivity index (χ0n) is 9.27. The van der Waals surface area contributed by atoms with Gasteiger partial charge in [0.15, 0.2) is 6.29 Å². The number of rotatable bonds is 3. The molecule has 1 heterocycles. The van der Waals surface area contributed by atoms with Crippen molar-refractivity contribution in [3.8, 4) is 0 Å². The summed E-state index contributed by atoms with van der Waals surface area (Å²) in [5, 5.41) is 3.01. The van der Waals surface area contributed by atoms with E-state index in [0.29, 0.717) is 11.4 Å². The van der Waals surface area contributed by atoms with Crippen molar-refractivity contribution < 1.29 is 9.18 Å². The molecule has 0 saturated carbocycles. The maximum absolute atomic E-state index is 12.9. The molecule has 0 unspecified atom stereocenters. The molecule has 0 fully saturated rings. The molecule has 0 aliphatic rings. The molecular formula is C13H11FN2O. The van der Waals surface area contributed by atoms with Gasteiger partial charge in [-0.1, -0.05) is 0 Å². The van der Waals surface area contributed by atoms with Gasteiger partial charge in [-0.3, -0.25) is 4.79 Å². The van der Waals surface area contributed by atoms with Crippen LogP contribution in [0.5, 0.6) is 0 Å². The van der Waals surface area contributed by atoms with Crippen LogP contribution in [0.4, 0.5) is 15.9 Å². The second-order valence-corrected chi connectivity index (χ2v) is 3.64. The van der Waals surface area contributed by atoms with Crippen molar-refractivity contribution in [3.63, 3.8) is 0 Å². The first-order valence-corrected chi connectivity index (χ1v) is 5.14. The summed E-state index contributed by atoms with van der Waals surface area (Å²) in [5.74, 6) is 0.182. The van der Waals surface area contributed by atoms with E-state index in [0.717, 1.165) is 17.5 Å².